The minimum absolute atomic E-state index is 0.0480. The second-order valence-electron chi connectivity index (χ2n) is 13.2. The Labute approximate surface area is 212 Å². The lowest BCUT2D eigenvalue weighted by Crippen LogP contribution is -2.59. The van der Waals surface area contributed by atoms with Gasteiger partial charge < -0.3 is 19.9 Å². The van der Waals surface area contributed by atoms with Crippen LogP contribution >= 0.6 is 0 Å². The first-order chi connectivity index (χ1) is 16.5. The Bertz CT molecular complexity index is 785. The zero-order valence-electron chi connectivity index (χ0n) is 22.8. The number of amides is 1. The lowest BCUT2D eigenvalue weighted by atomic mass is 9.43. The summed E-state index contributed by atoms with van der Waals surface area (Å²) in [6.45, 7) is 11.2. The maximum Gasteiger partial charge on any atom is 0.407 e. The van der Waals surface area contributed by atoms with Crippen molar-refractivity contribution in [2.75, 3.05) is 7.11 Å². The van der Waals surface area contributed by atoms with E-state index in [1.165, 1.54) is 32.8 Å². The molecular weight excluding hydrogens is 442 g/mol. The summed E-state index contributed by atoms with van der Waals surface area (Å²) in [5, 5.41) is 13.4. The number of carbonyl (C=O) groups excluding carboxylic acids is 2. The minimum Gasteiger partial charge on any atom is -0.469 e. The normalized spacial score (nSPS) is 43.5. The molecule has 0 aromatic heterocycles. The summed E-state index contributed by atoms with van der Waals surface area (Å²) in [6.07, 6.45) is 9.19. The number of hydrogen-bond acceptors (Lipinski definition) is 5. The third-order valence-corrected chi connectivity index (χ3v) is 11.1. The van der Waals surface area contributed by atoms with Crippen molar-refractivity contribution in [3.8, 4) is 0 Å². The van der Waals surface area contributed by atoms with Crippen molar-refractivity contribution in [1.29, 1.82) is 0 Å². The molecule has 4 aliphatic rings. The van der Waals surface area contributed by atoms with Gasteiger partial charge in [0.05, 0.1) is 13.2 Å². The zero-order valence-corrected chi connectivity index (χ0v) is 22.8. The highest BCUT2D eigenvalue weighted by Crippen LogP contribution is 2.68. The molecule has 200 valence electrons. The van der Waals surface area contributed by atoms with Crippen molar-refractivity contribution in [3.05, 3.63) is 0 Å². The van der Waals surface area contributed by atoms with Crippen molar-refractivity contribution in [3.63, 3.8) is 0 Å². The predicted molar refractivity (Wildman–Crippen MR) is 136 cm³/mol. The van der Waals surface area contributed by atoms with Crippen LogP contribution in [0.1, 0.15) is 98.8 Å². The van der Waals surface area contributed by atoms with Gasteiger partial charge in [0.2, 0.25) is 0 Å². The molecule has 0 radical (unpaired) electrons. The van der Waals surface area contributed by atoms with Crippen LogP contribution in [0.15, 0.2) is 0 Å². The van der Waals surface area contributed by atoms with E-state index in [1.807, 2.05) is 13.8 Å². The van der Waals surface area contributed by atoms with E-state index in [2.05, 4.69) is 26.1 Å². The number of carbonyl (C=O) groups is 2. The molecule has 35 heavy (non-hydrogen) atoms. The Balaban J connectivity index is 1.59. The molecule has 1 amide bonds. The number of fused-ring (bicyclic) bond motifs is 5. The highest BCUT2D eigenvalue weighted by atomic mass is 16.6. The molecule has 0 heterocycles. The Hall–Kier alpha value is -1.30. The number of methoxy groups -OCH3 is 1. The Morgan fingerprint density at radius 2 is 1.69 bits per heavy atom. The summed E-state index contributed by atoms with van der Waals surface area (Å²) in [7, 11) is 1.47. The predicted octanol–water partition coefficient (Wildman–Crippen LogP) is 5.71. The summed E-state index contributed by atoms with van der Waals surface area (Å²) >= 11 is 0. The second kappa shape index (κ2) is 10.2. The number of hydrogen-bond donors (Lipinski definition) is 2. The van der Waals surface area contributed by atoms with E-state index in [-0.39, 0.29) is 41.1 Å². The number of esters is 1. The minimum atomic E-state index is -0.294. The first kappa shape index (κ1) is 26.8. The average Bonchev–Trinajstić information content (AvgIpc) is 3.14. The van der Waals surface area contributed by atoms with E-state index in [4.69, 9.17) is 9.47 Å². The van der Waals surface area contributed by atoms with Crippen LogP contribution in [0.2, 0.25) is 0 Å². The first-order valence-corrected chi connectivity index (χ1v) is 14.2. The van der Waals surface area contributed by atoms with Crippen molar-refractivity contribution < 1.29 is 24.2 Å². The molecule has 0 aliphatic heterocycles. The van der Waals surface area contributed by atoms with Crippen LogP contribution in [-0.2, 0) is 14.3 Å². The molecule has 4 rings (SSSR count). The lowest BCUT2D eigenvalue weighted by Gasteiger charge is -2.62. The maximum absolute atomic E-state index is 12.8. The number of aliphatic hydroxyl groups excluding tert-OH is 1. The van der Waals surface area contributed by atoms with E-state index >= 15 is 0 Å². The van der Waals surface area contributed by atoms with Crippen molar-refractivity contribution in [2.45, 2.75) is 117 Å². The highest BCUT2D eigenvalue weighted by molar-refractivity contribution is 5.69. The van der Waals surface area contributed by atoms with Gasteiger partial charge in [-0.3, -0.25) is 4.79 Å². The molecule has 4 aliphatic carbocycles. The second-order valence-corrected chi connectivity index (χ2v) is 13.2. The van der Waals surface area contributed by atoms with Crippen molar-refractivity contribution in [2.24, 2.45) is 46.3 Å². The van der Waals surface area contributed by atoms with Crippen LogP contribution in [0.5, 0.6) is 0 Å². The number of rotatable bonds is 6. The van der Waals surface area contributed by atoms with Gasteiger partial charge in [-0.1, -0.05) is 20.8 Å². The molecule has 0 saturated heterocycles. The number of ether oxygens (including phenoxy) is 2. The lowest BCUT2D eigenvalue weighted by molar-refractivity contribution is -0.174. The van der Waals surface area contributed by atoms with Crippen molar-refractivity contribution in [1.82, 2.24) is 5.32 Å². The van der Waals surface area contributed by atoms with Gasteiger partial charge in [-0.15, -0.1) is 0 Å². The van der Waals surface area contributed by atoms with Gasteiger partial charge in [0.1, 0.15) is 6.10 Å². The largest absolute Gasteiger partial charge is 0.469 e. The van der Waals surface area contributed by atoms with Crippen LogP contribution in [-0.4, -0.2) is 42.5 Å². The molecule has 0 spiro atoms. The SMILES string of the molecule is COC(=O)CC[C@@H](C)[C@H]1CC[C@H]2[C@@H]3[C@@H](OC(=O)NC(C)C)C[C@@H]4C[C@H](O)CC[C@]4(C)[C@H]3CC[C@]12C. The van der Waals surface area contributed by atoms with Crippen LogP contribution in [0.3, 0.4) is 0 Å². The van der Waals surface area contributed by atoms with Gasteiger partial charge in [-0.05, 0) is 112 Å². The molecule has 10 atom stereocenters. The summed E-state index contributed by atoms with van der Waals surface area (Å²) in [6, 6.07) is 0.0480. The van der Waals surface area contributed by atoms with Gasteiger partial charge in [0.15, 0.2) is 0 Å². The van der Waals surface area contributed by atoms with E-state index < -0.39 is 0 Å². The fourth-order valence-electron chi connectivity index (χ4n) is 9.33. The van der Waals surface area contributed by atoms with Gasteiger partial charge in [-0.25, -0.2) is 4.79 Å². The number of nitrogens with one attached hydrogen (secondary N) is 1. The fourth-order valence-corrected chi connectivity index (χ4v) is 9.33. The van der Waals surface area contributed by atoms with Crippen LogP contribution in [0.25, 0.3) is 0 Å². The monoisotopic (exact) mass is 491 g/mol. The maximum atomic E-state index is 12.8. The molecule has 0 unspecified atom stereocenters. The molecule has 2 N–H and O–H groups in total. The van der Waals surface area contributed by atoms with E-state index in [0.29, 0.717) is 41.9 Å². The summed E-state index contributed by atoms with van der Waals surface area (Å²) in [5.41, 5.74) is 0.429. The first-order valence-electron chi connectivity index (χ1n) is 14.2. The molecule has 0 aromatic rings. The molecule has 0 bridgehead atoms. The van der Waals surface area contributed by atoms with E-state index in [9.17, 15) is 14.7 Å². The van der Waals surface area contributed by atoms with Gasteiger partial charge in [0, 0.05) is 18.4 Å². The van der Waals surface area contributed by atoms with Crippen LogP contribution in [0.4, 0.5) is 4.79 Å². The topological polar surface area (TPSA) is 84.9 Å². The van der Waals surface area contributed by atoms with Crippen LogP contribution in [0, 0.1) is 46.3 Å². The van der Waals surface area contributed by atoms with E-state index in [0.717, 1.165) is 32.1 Å². The van der Waals surface area contributed by atoms with Gasteiger partial charge in [-0.2, -0.15) is 0 Å². The Kier molecular flexibility index (Phi) is 7.81. The third kappa shape index (κ3) is 4.98. The molecule has 6 heteroatoms. The zero-order chi connectivity index (χ0) is 25.5. The van der Waals surface area contributed by atoms with Crippen molar-refractivity contribution >= 4 is 12.1 Å². The molecule has 4 saturated carbocycles. The fraction of sp³-hybridized carbons (Fsp3) is 0.931. The Morgan fingerprint density at radius 3 is 2.37 bits per heavy atom. The summed E-state index contributed by atoms with van der Waals surface area (Å²) in [5.74, 6) is 2.80. The van der Waals surface area contributed by atoms with Gasteiger partial charge in [0.25, 0.3) is 0 Å². The molecule has 0 aromatic carbocycles. The summed E-state index contributed by atoms with van der Waals surface area (Å²) in [4.78, 5) is 24.6. The number of aliphatic hydroxyl groups is 1. The standard InChI is InChI=1S/C29H49NO5/c1-17(2)30-27(33)35-24-16-19-15-20(31)11-13-28(19,4)23-12-14-29(5)21(8-9-22(29)26(23)24)18(3)7-10-25(32)34-6/h17-24,26,31H,7-16H2,1-6H3,(H,30,33)/t18-,19+,20-,21-,22+,23+,24+,26+,28+,29-/m1/s1. The van der Waals surface area contributed by atoms with E-state index in [1.54, 1.807) is 0 Å². The molecule has 4 fully saturated rings. The summed E-state index contributed by atoms with van der Waals surface area (Å²) < 4.78 is 11.2. The Morgan fingerprint density at radius 1 is 1.00 bits per heavy atom. The quantitative estimate of drug-likeness (QED) is 0.465. The molecule has 6 nitrogen and oxygen atoms in total. The highest BCUT2D eigenvalue weighted by Gasteiger charge is 2.63. The molecular formula is C29H49NO5. The number of alkyl carbamates (subject to hydrolysis) is 1. The third-order valence-electron chi connectivity index (χ3n) is 11.1. The van der Waals surface area contributed by atoms with Crippen LogP contribution < -0.4 is 5.32 Å². The smallest absolute Gasteiger partial charge is 0.407 e. The average molecular weight is 492 g/mol. The van der Waals surface area contributed by atoms with Gasteiger partial charge >= 0.3 is 12.1 Å².